The molecular weight excluding hydrogens is 250 g/mol. The lowest BCUT2D eigenvalue weighted by Crippen LogP contribution is -2.35. The van der Waals surface area contributed by atoms with Crippen LogP contribution < -0.4 is 0 Å². The van der Waals surface area contributed by atoms with Crippen LogP contribution in [0.25, 0.3) is 0 Å². The van der Waals surface area contributed by atoms with E-state index in [1.165, 1.54) is 0 Å². The number of halogens is 1. The molecule has 0 radical (unpaired) electrons. The highest BCUT2D eigenvalue weighted by molar-refractivity contribution is 6.30. The molecule has 1 aromatic rings. The Kier molecular flexibility index (Phi) is 6.65. The average Bonchev–Trinajstić information content (AvgIpc) is 2.34. The average molecular weight is 272 g/mol. The van der Waals surface area contributed by atoms with Crippen LogP contribution in [0, 0.1) is 0 Å². The molecule has 0 fully saturated rings. The van der Waals surface area contributed by atoms with E-state index in [2.05, 4.69) is 18.7 Å². The van der Waals surface area contributed by atoms with E-state index in [9.17, 15) is 5.11 Å². The first-order valence-electron chi connectivity index (χ1n) is 6.33. The first-order valence-corrected chi connectivity index (χ1v) is 6.71. The molecule has 0 bridgehead atoms. The van der Waals surface area contributed by atoms with Crippen LogP contribution in [0.4, 0.5) is 0 Å². The fourth-order valence-corrected chi connectivity index (χ4v) is 2.02. The third-order valence-electron chi connectivity index (χ3n) is 3.06. The van der Waals surface area contributed by atoms with Crippen molar-refractivity contribution >= 4 is 11.6 Å². The van der Waals surface area contributed by atoms with Crippen molar-refractivity contribution in [2.24, 2.45) is 0 Å². The summed E-state index contributed by atoms with van der Waals surface area (Å²) in [6, 6.07) is 7.63. The summed E-state index contributed by atoms with van der Waals surface area (Å²) in [5, 5.41) is 19.7. The number of hydrogen-bond acceptors (Lipinski definition) is 3. The lowest BCUT2D eigenvalue weighted by molar-refractivity contribution is 0.116. The van der Waals surface area contributed by atoms with E-state index in [1.54, 1.807) is 12.1 Å². The summed E-state index contributed by atoms with van der Waals surface area (Å²) in [5.74, 6) is 0. The first kappa shape index (κ1) is 15.4. The highest BCUT2D eigenvalue weighted by Gasteiger charge is 2.13. The number of nitrogens with zero attached hydrogens (tertiary/aromatic N) is 1. The number of aliphatic hydroxyl groups excluding tert-OH is 2. The monoisotopic (exact) mass is 271 g/mol. The predicted molar refractivity (Wildman–Crippen MR) is 74.8 cm³/mol. The van der Waals surface area contributed by atoms with E-state index >= 15 is 0 Å². The molecule has 3 nitrogen and oxygen atoms in total. The Bertz CT molecular complexity index is 340. The van der Waals surface area contributed by atoms with Gasteiger partial charge in [-0.1, -0.05) is 23.7 Å². The molecule has 1 atom stereocenters. The molecule has 1 rings (SSSR count). The second-order valence-corrected chi connectivity index (χ2v) is 5.15. The van der Waals surface area contributed by atoms with Gasteiger partial charge in [0.25, 0.3) is 0 Å². The molecule has 0 heterocycles. The van der Waals surface area contributed by atoms with Crippen LogP contribution in [0.15, 0.2) is 24.3 Å². The molecule has 0 aromatic heterocycles. The number of benzene rings is 1. The van der Waals surface area contributed by atoms with Gasteiger partial charge in [-0.05, 0) is 38.0 Å². The minimum atomic E-state index is -0.484. The van der Waals surface area contributed by atoms with Gasteiger partial charge in [-0.25, -0.2) is 0 Å². The Balaban J connectivity index is 2.48. The van der Waals surface area contributed by atoms with Crippen molar-refractivity contribution < 1.29 is 10.2 Å². The minimum Gasteiger partial charge on any atom is -0.395 e. The van der Waals surface area contributed by atoms with Crippen LogP contribution in [0.2, 0.25) is 5.02 Å². The lowest BCUT2D eigenvalue weighted by atomic mass is 10.1. The van der Waals surface area contributed by atoms with Crippen molar-refractivity contribution in [3.05, 3.63) is 34.9 Å². The summed E-state index contributed by atoms with van der Waals surface area (Å²) in [6.07, 6.45) is 0.169. The summed E-state index contributed by atoms with van der Waals surface area (Å²) < 4.78 is 0. The van der Waals surface area contributed by atoms with E-state index in [0.29, 0.717) is 24.0 Å². The van der Waals surface area contributed by atoms with Crippen molar-refractivity contribution in [3.63, 3.8) is 0 Å². The predicted octanol–water partition coefficient (Wildman–Crippen LogP) is 2.47. The third kappa shape index (κ3) is 4.94. The molecule has 1 aromatic carbocycles. The fraction of sp³-hybridized carbons (Fsp3) is 0.571. The van der Waals surface area contributed by atoms with Crippen molar-refractivity contribution in [3.8, 4) is 0 Å². The number of rotatable bonds is 7. The lowest BCUT2D eigenvalue weighted by Gasteiger charge is -2.26. The van der Waals surface area contributed by atoms with Gasteiger partial charge in [0.05, 0.1) is 12.7 Å². The Morgan fingerprint density at radius 2 is 1.78 bits per heavy atom. The second kappa shape index (κ2) is 7.74. The van der Waals surface area contributed by atoms with Crippen molar-refractivity contribution in [1.82, 2.24) is 4.90 Å². The molecule has 1 unspecified atom stereocenters. The molecule has 102 valence electrons. The quantitative estimate of drug-likeness (QED) is 0.801. The van der Waals surface area contributed by atoms with Gasteiger partial charge in [-0.2, -0.15) is 0 Å². The molecule has 2 N–H and O–H groups in total. The Morgan fingerprint density at radius 1 is 1.17 bits per heavy atom. The van der Waals surface area contributed by atoms with Gasteiger partial charge in [0, 0.05) is 24.2 Å². The molecule has 4 heteroatoms. The standard InChI is InChI=1S/C14H22ClNO2/c1-11(2)16(9-10-17)8-7-14(18)12-3-5-13(15)6-4-12/h3-6,11,14,17-18H,7-10H2,1-2H3. The molecule has 18 heavy (non-hydrogen) atoms. The van der Waals surface area contributed by atoms with Crippen molar-refractivity contribution in [1.29, 1.82) is 0 Å². The van der Waals surface area contributed by atoms with Crippen LogP contribution in [0.5, 0.6) is 0 Å². The topological polar surface area (TPSA) is 43.7 Å². The molecule has 0 spiro atoms. The van der Waals surface area contributed by atoms with E-state index < -0.39 is 6.10 Å². The molecule has 0 saturated heterocycles. The van der Waals surface area contributed by atoms with Gasteiger partial charge < -0.3 is 10.2 Å². The number of hydrogen-bond donors (Lipinski definition) is 2. The molecule has 0 saturated carbocycles. The highest BCUT2D eigenvalue weighted by Crippen LogP contribution is 2.19. The Labute approximate surface area is 114 Å². The molecular formula is C14H22ClNO2. The molecule has 0 amide bonds. The van der Waals surface area contributed by atoms with E-state index in [4.69, 9.17) is 16.7 Å². The zero-order valence-corrected chi connectivity index (χ0v) is 11.8. The van der Waals surface area contributed by atoms with Gasteiger partial charge >= 0.3 is 0 Å². The zero-order valence-electron chi connectivity index (χ0n) is 11.0. The van der Waals surface area contributed by atoms with Crippen molar-refractivity contribution in [2.45, 2.75) is 32.4 Å². The van der Waals surface area contributed by atoms with Gasteiger partial charge in [0.1, 0.15) is 0 Å². The van der Waals surface area contributed by atoms with Crippen LogP contribution >= 0.6 is 11.6 Å². The summed E-state index contributed by atoms with van der Waals surface area (Å²) in [7, 11) is 0. The summed E-state index contributed by atoms with van der Waals surface area (Å²) >= 11 is 5.81. The van der Waals surface area contributed by atoms with E-state index in [1.807, 2.05) is 12.1 Å². The van der Waals surface area contributed by atoms with Crippen LogP contribution in [0.1, 0.15) is 31.9 Å². The minimum absolute atomic E-state index is 0.148. The second-order valence-electron chi connectivity index (χ2n) is 4.71. The maximum absolute atomic E-state index is 10.1. The van der Waals surface area contributed by atoms with Crippen LogP contribution in [-0.4, -0.2) is 40.9 Å². The van der Waals surface area contributed by atoms with Crippen LogP contribution in [0.3, 0.4) is 0 Å². The van der Waals surface area contributed by atoms with Gasteiger partial charge in [-0.15, -0.1) is 0 Å². The summed E-state index contributed by atoms with van der Waals surface area (Å²) in [4.78, 5) is 2.15. The van der Waals surface area contributed by atoms with Crippen molar-refractivity contribution in [2.75, 3.05) is 19.7 Å². The van der Waals surface area contributed by atoms with Gasteiger partial charge in [0.15, 0.2) is 0 Å². The fourth-order valence-electron chi connectivity index (χ4n) is 1.90. The van der Waals surface area contributed by atoms with E-state index in [-0.39, 0.29) is 6.61 Å². The van der Waals surface area contributed by atoms with Gasteiger partial charge in [-0.3, -0.25) is 4.90 Å². The maximum Gasteiger partial charge on any atom is 0.0802 e. The number of aliphatic hydroxyl groups is 2. The highest BCUT2D eigenvalue weighted by atomic mass is 35.5. The first-order chi connectivity index (χ1) is 8.54. The maximum atomic E-state index is 10.1. The third-order valence-corrected chi connectivity index (χ3v) is 3.31. The summed E-state index contributed by atoms with van der Waals surface area (Å²) in [5.41, 5.74) is 0.882. The normalized spacial score (nSPS) is 13.3. The molecule has 0 aliphatic rings. The van der Waals surface area contributed by atoms with Crippen LogP contribution in [-0.2, 0) is 0 Å². The Morgan fingerprint density at radius 3 is 2.28 bits per heavy atom. The SMILES string of the molecule is CC(C)N(CCO)CCC(O)c1ccc(Cl)cc1. The summed E-state index contributed by atoms with van der Waals surface area (Å²) in [6.45, 7) is 5.73. The zero-order chi connectivity index (χ0) is 13.5. The largest absolute Gasteiger partial charge is 0.395 e. The van der Waals surface area contributed by atoms with E-state index in [0.717, 1.165) is 12.1 Å². The Hall–Kier alpha value is -0.610. The smallest absolute Gasteiger partial charge is 0.0802 e. The molecule has 0 aliphatic heterocycles. The molecule has 0 aliphatic carbocycles. The van der Waals surface area contributed by atoms with Gasteiger partial charge in [0.2, 0.25) is 0 Å².